The van der Waals surface area contributed by atoms with Crippen LogP contribution in [0.4, 0.5) is 0 Å². The molecule has 0 unspecified atom stereocenters. The van der Waals surface area contributed by atoms with Crippen LogP contribution < -0.4 is 0 Å². The van der Waals surface area contributed by atoms with Crippen LogP contribution in [0.1, 0.15) is 39.0 Å². The highest BCUT2D eigenvalue weighted by Gasteiger charge is 2.57. The molecule has 3 atom stereocenters. The van der Waals surface area contributed by atoms with Crippen molar-refractivity contribution in [2.75, 3.05) is 19.8 Å². The average molecular weight is 264 g/mol. The van der Waals surface area contributed by atoms with Crippen molar-refractivity contribution in [2.24, 2.45) is 23.2 Å². The van der Waals surface area contributed by atoms with Gasteiger partial charge in [-0.3, -0.25) is 0 Å². The smallest absolute Gasteiger partial charge is 0.286 e. The minimum atomic E-state index is -0.733. The van der Waals surface area contributed by atoms with Gasteiger partial charge in [-0.1, -0.05) is 31.9 Å². The Morgan fingerprint density at radius 3 is 2.42 bits per heavy atom. The van der Waals surface area contributed by atoms with E-state index in [0.29, 0.717) is 17.8 Å². The minimum absolute atomic E-state index is 0.0677. The molecule has 5 aliphatic rings. The number of hydrogen-bond acceptors (Lipinski definition) is 3. The molecular formula is C16H24O3. The van der Waals surface area contributed by atoms with Gasteiger partial charge in [0.1, 0.15) is 0 Å². The van der Waals surface area contributed by atoms with Crippen molar-refractivity contribution in [2.45, 2.75) is 45.0 Å². The molecule has 0 aromatic rings. The summed E-state index contributed by atoms with van der Waals surface area (Å²) >= 11 is 0. The molecule has 19 heavy (non-hydrogen) atoms. The summed E-state index contributed by atoms with van der Waals surface area (Å²) in [7, 11) is 0. The summed E-state index contributed by atoms with van der Waals surface area (Å²) in [6.45, 7) is 4.53. The second kappa shape index (κ2) is 4.31. The number of ether oxygens (including phenoxy) is 3. The van der Waals surface area contributed by atoms with E-state index < -0.39 is 5.97 Å². The summed E-state index contributed by atoms with van der Waals surface area (Å²) in [6, 6.07) is 0. The molecule has 106 valence electrons. The van der Waals surface area contributed by atoms with Gasteiger partial charge < -0.3 is 14.2 Å². The summed E-state index contributed by atoms with van der Waals surface area (Å²) in [5.41, 5.74) is 0.0677. The molecule has 4 fully saturated rings. The first-order chi connectivity index (χ1) is 9.21. The van der Waals surface area contributed by atoms with E-state index >= 15 is 0 Å². The van der Waals surface area contributed by atoms with E-state index in [1.54, 1.807) is 0 Å². The highest BCUT2D eigenvalue weighted by atomic mass is 16.9. The van der Waals surface area contributed by atoms with E-state index in [2.05, 4.69) is 19.1 Å². The van der Waals surface area contributed by atoms with Crippen LogP contribution in [0.2, 0.25) is 0 Å². The van der Waals surface area contributed by atoms with Gasteiger partial charge in [0, 0.05) is 11.3 Å². The molecule has 0 amide bonds. The van der Waals surface area contributed by atoms with Crippen molar-refractivity contribution in [1.29, 1.82) is 0 Å². The van der Waals surface area contributed by atoms with E-state index in [1.165, 1.54) is 25.7 Å². The van der Waals surface area contributed by atoms with Gasteiger partial charge in [-0.2, -0.15) is 0 Å². The Morgan fingerprint density at radius 2 is 1.68 bits per heavy atom. The molecule has 0 aromatic carbocycles. The van der Waals surface area contributed by atoms with Crippen LogP contribution in [0, 0.1) is 23.2 Å². The van der Waals surface area contributed by atoms with Crippen molar-refractivity contribution < 1.29 is 14.2 Å². The molecular weight excluding hydrogens is 240 g/mol. The molecule has 3 nitrogen and oxygen atoms in total. The predicted octanol–water partition coefficient (Wildman–Crippen LogP) is 3.11. The maximum atomic E-state index is 6.08. The van der Waals surface area contributed by atoms with E-state index in [1.807, 2.05) is 0 Å². The lowest BCUT2D eigenvalue weighted by Gasteiger charge is -2.56. The van der Waals surface area contributed by atoms with Gasteiger partial charge in [0.25, 0.3) is 5.97 Å². The van der Waals surface area contributed by atoms with Crippen molar-refractivity contribution >= 4 is 0 Å². The fraction of sp³-hybridized carbons (Fsp3) is 0.875. The largest absolute Gasteiger partial charge is 0.326 e. The zero-order valence-corrected chi connectivity index (χ0v) is 11.8. The van der Waals surface area contributed by atoms with E-state index in [-0.39, 0.29) is 5.41 Å². The predicted molar refractivity (Wildman–Crippen MR) is 71.4 cm³/mol. The molecule has 0 N–H and O–H groups in total. The van der Waals surface area contributed by atoms with Gasteiger partial charge >= 0.3 is 0 Å². The Morgan fingerprint density at radius 1 is 1.00 bits per heavy atom. The number of hydrogen-bond donors (Lipinski definition) is 0. The normalized spacial score (nSPS) is 53.0. The Hall–Kier alpha value is -0.380. The van der Waals surface area contributed by atoms with Crippen LogP contribution in [0.15, 0.2) is 12.2 Å². The first-order valence-corrected chi connectivity index (χ1v) is 7.79. The van der Waals surface area contributed by atoms with Crippen LogP contribution in [0.3, 0.4) is 0 Å². The van der Waals surface area contributed by atoms with Gasteiger partial charge in [0.05, 0.1) is 19.8 Å². The molecule has 0 spiro atoms. The third-order valence-corrected chi connectivity index (χ3v) is 5.48. The second-order valence-electron chi connectivity index (χ2n) is 7.16. The third kappa shape index (κ3) is 1.90. The average Bonchev–Trinajstić information content (AvgIpc) is 2.48. The van der Waals surface area contributed by atoms with Gasteiger partial charge in [-0.25, -0.2) is 0 Å². The third-order valence-electron chi connectivity index (χ3n) is 5.48. The molecule has 0 radical (unpaired) electrons. The summed E-state index contributed by atoms with van der Waals surface area (Å²) in [5, 5.41) is 0. The van der Waals surface area contributed by atoms with Crippen LogP contribution in [-0.4, -0.2) is 25.8 Å². The maximum absolute atomic E-state index is 6.08. The molecule has 0 aromatic heterocycles. The van der Waals surface area contributed by atoms with Crippen molar-refractivity contribution in [3.8, 4) is 0 Å². The highest BCUT2D eigenvalue weighted by Crippen LogP contribution is 2.51. The molecule has 2 bridgehead atoms. The van der Waals surface area contributed by atoms with Crippen LogP contribution >= 0.6 is 0 Å². The molecule has 3 heterocycles. The molecule has 5 rings (SSSR count). The van der Waals surface area contributed by atoms with E-state index in [4.69, 9.17) is 14.2 Å². The summed E-state index contributed by atoms with van der Waals surface area (Å²) in [6.07, 6.45) is 11.1. The molecule has 1 saturated carbocycles. The first kappa shape index (κ1) is 12.4. The maximum Gasteiger partial charge on any atom is 0.286 e. The lowest BCUT2D eigenvalue weighted by molar-refractivity contribution is -0.489. The summed E-state index contributed by atoms with van der Waals surface area (Å²) in [5.74, 6) is 1.05. The van der Waals surface area contributed by atoms with Gasteiger partial charge in [0.15, 0.2) is 0 Å². The van der Waals surface area contributed by atoms with Gasteiger partial charge in [0.2, 0.25) is 0 Å². The quantitative estimate of drug-likeness (QED) is 0.681. The van der Waals surface area contributed by atoms with Gasteiger partial charge in [-0.15, -0.1) is 0 Å². The molecule has 2 aliphatic carbocycles. The Kier molecular flexibility index (Phi) is 2.80. The molecule has 3 aliphatic heterocycles. The van der Waals surface area contributed by atoms with Crippen LogP contribution in [0.5, 0.6) is 0 Å². The molecule has 3 heteroatoms. The van der Waals surface area contributed by atoms with Crippen LogP contribution in [0.25, 0.3) is 0 Å². The topological polar surface area (TPSA) is 27.7 Å². The standard InChI is InChI=1S/C16H24O3/c1-15-9-17-16(18-10-15,19-11-15)14-8-4-6-12-5-2-3-7-13(12)14/h4,6,12-14H,2-3,5,7-11H2,1H3/t12-,13-,14+,15?,16?/m0/s1. The summed E-state index contributed by atoms with van der Waals surface area (Å²) < 4.78 is 18.2. The van der Waals surface area contributed by atoms with Crippen molar-refractivity contribution in [3.63, 3.8) is 0 Å². The monoisotopic (exact) mass is 264 g/mol. The van der Waals surface area contributed by atoms with Crippen molar-refractivity contribution in [3.05, 3.63) is 12.2 Å². The van der Waals surface area contributed by atoms with E-state index in [9.17, 15) is 0 Å². The number of rotatable bonds is 1. The van der Waals surface area contributed by atoms with Crippen molar-refractivity contribution in [1.82, 2.24) is 0 Å². The Balaban J connectivity index is 1.59. The highest BCUT2D eigenvalue weighted by molar-refractivity contribution is 5.05. The minimum Gasteiger partial charge on any atom is -0.326 e. The Bertz CT molecular complexity index is 365. The SMILES string of the molecule is CC12COC([C@@H]3CC=C[C@@H]4CCCC[C@@H]43)(OC1)OC2. The second-order valence-corrected chi connectivity index (χ2v) is 7.16. The lowest BCUT2D eigenvalue weighted by Crippen LogP contribution is -2.63. The summed E-state index contributed by atoms with van der Waals surface area (Å²) in [4.78, 5) is 0. The lowest BCUT2D eigenvalue weighted by atomic mass is 9.67. The van der Waals surface area contributed by atoms with Crippen LogP contribution in [-0.2, 0) is 14.2 Å². The fourth-order valence-electron chi connectivity index (χ4n) is 4.30. The van der Waals surface area contributed by atoms with Gasteiger partial charge in [-0.05, 0) is 31.1 Å². The first-order valence-electron chi connectivity index (χ1n) is 7.79. The number of allylic oxidation sites excluding steroid dienone is 2. The number of fused-ring (bicyclic) bond motifs is 4. The fourth-order valence-corrected chi connectivity index (χ4v) is 4.30. The zero-order valence-electron chi connectivity index (χ0n) is 11.8. The molecule has 3 saturated heterocycles. The Labute approximate surface area is 115 Å². The zero-order chi connectivity index (χ0) is 12.9. The van der Waals surface area contributed by atoms with E-state index in [0.717, 1.165) is 26.2 Å².